The number of halogens is 1. The molecule has 1 unspecified atom stereocenters. The van der Waals surface area contributed by atoms with Crippen LogP contribution in [0.4, 0.5) is 10.5 Å². The van der Waals surface area contributed by atoms with E-state index >= 15 is 0 Å². The largest absolute Gasteiger partial charge is 0.493 e. The molecule has 0 bridgehead atoms. The first-order valence-corrected chi connectivity index (χ1v) is 10.9. The highest BCUT2D eigenvalue weighted by atomic mass is 35.5. The Balaban J connectivity index is 1.44. The van der Waals surface area contributed by atoms with Crippen LogP contribution in [0.3, 0.4) is 0 Å². The summed E-state index contributed by atoms with van der Waals surface area (Å²) in [4.78, 5) is 16.7. The van der Waals surface area contributed by atoms with Crippen molar-refractivity contribution in [2.75, 3.05) is 19.5 Å². The third-order valence-electron chi connectivity index (χ3n) is 5.14. The van der Waals surface area contributed by atoms with Gasteiger partial charge in [-0.3, -0.25) is 10.3 Å². The van der Waals surface area contributed by atoms with E-state index in [0.29, 0.717) is 39.2 Å². The van der Waals surface area contributed by atoms with E-state index < -0.39 is 12.2 Å². The van der Waals surface area contributed by atoms with E-state index in [1.54, 1.807) is 75.9 Å². The average molecular weight is 479 g/mol. The first kappa shape index (κ1) is 23.2. The van der Waals surface area contributed by atoms with Crippen LogP contribution in [0.25, 0.3) is 10.9 Å². The van der Waals surface area contributed by atoms with E-state index in [1.165, 1.54) is 0 Å². The number of nitrogens with zero attached hydrogens (tertiary/aromatic N) is 1. The van der Waals surface area contributed by atoms with Crippen molar-refractivity contribution in [2.24, 2.45) is 0 Å². The van der Waals surface area contributed by atoms with Crippen LogP contribution in [0.1, 0.15) is 18.6 Å². The molecule has 1 atom stereocenters. The van der Waals surface area contributed by atoms with Gasteiger partial charge in [-0.25, -0.2) is 4.79 Å². The van der Waals surface area contributed by atoms with Crippen molar-refractivity contribution in [3.8, 4) is 23.0 Å². The van der Waals surface area contributed by atoms with E-state index in [0.717, 1.165) is 10.9 Å². The summed E-state index contributed by atoms with van der Waals surface area (Å²) in [6.07, 6.45) is 0.649. The number of ether oxygens (including phenoxy) is 4. The maximum atomic E-state index is 12.3. The van der Waals surface area contributed by atoms with Gasteiger partial charge in [-0.05, 0) is 61.0 Å². The Morgan fingerprint density at radius 1 is 0.941 bits per heavy atom. The fourth-order valence-corrected chi connectivity index (χ4v) is 3.60. The third kappa shape index (κ3) is 5.32. The molecule has 0 spiro atoms. The summed E-state index contributed by atoms with van der Waals surface area (Å²) in [5.74, 6) is 2.37. The number of hydrogen-bond donors (Lipinski definition) is 1. The number of carbonyl (C=O) groups is 1. The Labute approximate surface area is 202 Å². The highest BCUT2D eigenvalue weighted by molar-refractivity contribution is 6.30. The van der Waals surface area contributed by atoms with Crippen molar-refractivity contribution in [2.45, 2.75) is 13.0 Å². The summed E-state index contributed by atoms with van der Waals surface area (Å²) in [7, 11) is 3.15. The second kappa shape index (κ2) is 10.3. The fourth-order valence-electron chi connectivity index (χ4n) is 3.41. The van der Waals surface area contributed by atoms with Gasteiger partial charge in [0, 0.05) is 28.4 Å². The molecule has 3 aromatic carbocycles. The van der Waals surface area contributed by atoms with Crippen molar-refractivity contribution in [3.05, 3.63) is 83.5 Å². The van der Waals surface area contributed by atoms with Crippen molar-refractivity contribution in [1.29, 1.82) is 0 Å². The first-order chi connectivity index (χ1) is 16.5. The molecule has 1 aromatic heterocycles. The number of aromatic nitrogens is 1. The molecular formula is C26H23ClN2O5. The van der Waals surface area contributed by atoms with E-state index in [9.17, 15) is 4.79 Å². The number of fused-ring (bicyclic) bond motifs is 1. The summed E-state index contributed by atoms with van der Waals surface area (Å²) >= 11 is 6.01. The molecule has 4 aromatic rings. The molecule has 0 aliphatic rings. The number of rotatable bonds is 7. The van der Waals surface area contributed by atoms with Gasteiger partial charge < -0.3 is 18.9 Å². The van der Waals surface area contributed by atoms with E-state index in [-0.39, 0.29) is 0 Å². The normalized spacial score (nSPS) is 11.5. The molecule has 1 heterocycles. The SMILES string of the molecule is COc1cc2nccc(Oc3ccc(NC(=O)OC(C)c4cccc(Cl)c4)cc3)c2cc1OC. The minimum absolute atomic E-state index is 0.447. The number of methoxy groups -OCH3 is 2. The van der Waals surface area contributed by atoms with Gasteiger partial charge in [0.25, 0.3) is 0 Å². The van der Waals surface area contributed by atoms with E-state index in [2.05, 4.69) is 10.3 Å². The first-order valence-electron chi connectivity index (χ1n) is 10.5. The smallest absolute Gasteiger partial charge is 0.412 e. The number of carbonyl (C=O) groups excluding carboxylic acids is 1. The molecule has 1 N–H and O–H groups in total. The second-order valence-corrected chi connectivity index (χ2v) is 7.82. The van der Waals surface area contributed by atoms with Crippen molar-refractivity contribution >= 4 is 34.3 Å². The lowest BCUT2D eigenvalue weighted by Crippen LogP contribution is -2.16. The van der Waals surface area contributed by atoms with Gasteiger partial charge >= 0.3 is 6.09 Å². The minimum atomic E-state index is -0.567. The van der Waals surface area contributed by atoms with Gasteiger partial charge in [0.15, 0.2) is 11.5 Å². The average Bonchev–Trinajstić information content (AvgIpc) is 2.84. The number of nitrogens with one attached hydrogen (secondary N) is 1. The standard InChI is InChI=1S/C26H23ClN2O5/c1-16(17-5-4-6-18(27)13-17)33-26(30)29-19-7-9-20(10-8-19)34-23-11-12-28-22-15-25(32-3)24(31-2)14-21(22)23/h4-16H,1-3H3,(H,29,30). The van der Waals surface area contributed by atoms with Crippen LogP contribution in [0.5, 0.6) is 23.0 Å². The number of hydrogen-bond acceptors (Lipinski definition) is 6. The van der Waals surface area contributed by atoms with Crippen LogP contribution in [0.15, 0.2) is 72.9 Å². The van der Waals surface area contributed by atoms with Gasteiger partial charge in [-0.1, -0.05) is 23.7 Å². The molecule has 4 rings (SSSR count). The Morgan fingerprint density at radius 3 is 2.38 bits per heavy atom. The Morgan fingerprint density at radius 2 is 1.68 bits per heavy atom. The zero-order valence-corrected chi connectivity index (χ0v) is 19.6. The van der Waals surface area contributed by atoms with Crippen LogP contribution in [0, 0.1) is 0 Å². The van der Waals surface area contributed by atoms with Crippen LogP contribution in [0.2, 0.25) is 5.02 Å². The summed E-state index contributed by atoms with van der Waals surface area (Å²) in [5, 5.41) is 4.08. The maximum Gasteiger partial charge on any atom is 0.412 e. The number of anilines is 1. The molecule has 0 aliphatic carbocycles. The molecule has 174 valence electrons. The predicted octanol–water partition coefficient (Wildman–Crippen LogP) is 7.01. The Kier molecular flexibility index (Phi) is 7.04. The highest BCUT2D eigenvalue weighted by Gasteiger charge is 2.13. The molecule has 0 saturated heterocycles. The number of benzene rings is 3. The second-order valence-electron chi connectivity index (χ2n) is 7.39. The number of pyridine rings is 1. The molecule has 8 heteroatoms. The molecule has 34 heavy (non-hydrogen) atoms. The van der Waals surface area contributed by atoms with E-state index in [1.807, 2.05) is 18.2 Å². The predicted molar refractivity (Wildman–Crippen MR) is 131 cm³/mol. The molecule has 1 amide bonds. The lowest BCUT2D eigenvalue weighted by Gasteiger charge is -2.15. The molecular weight excluding hydrogens is 456 g/mol. The Bertz CT molecular complexity index is 1310. The summed E-state index contributed by atoms with van der Waals surface area (Å²) in [6.45, 7) is 1.78. The lowest BCUT2D eigenvalue weighted by atomic mass is 10.1. The molecule has 7 nitrogen and oxygen atoms in total. The van der Waals surface area contributed by atoms with Gasteiger partial charge in [0.05, 0.1) is 19.7 Å². The van der Waals surface area contributed by atoms with Gasteiger partial charge in [0.1, 0.15) is 17.6 Å². The summed E-state index contributed by atoms with van der Waals surface area (Å²) in [6, 6.07) is 19.6. The van der Waals surface area contributed by atoms with Crippen LogP contribution in [-0.2, 0) is 4.74 Å². The summed E-state index contributed by atoms with van der Waals surface area (Å²) < 4.78 is 22.2. The quantitative estimate of drug-likeness (QED) is 0.308. The van der Waals surface area contributed by atoms with E-state index in [4.69, 9.17) is 30.5 Å². The fraction of sp³-hybridized carbons (Fsp3) is 0.154. The highest BCUT2D eigenvalue weighted by Crippen LogP contribution is 2.37. The monoisotopic (exact) mass is 478 g/mol. The van der Waals surface area contributed by atoms with Crippen LogP contribution in [-0.4, -0.2) is 25.3 Å². The molecule has 0 saturated carbocycles. The zero-order chi connectivity index (χ0) is 24.1. The van der Waals surface area contributed by atoms with Crippen LogP contribution >= 0.6 is 11.6 Å². The van der Waals surface area contributed by atoms with Crippen molar-refractivity contribution in [1.82, 2.24) is 4.98 Å². The van der Waals surface area contributed by atoms with Crippen molar-refractivity contribution in [3.63, 3.8) is 0 Å². The van der Waals surface area contributed by atoms with Gasteiger partial charge in [-0.15, -0.1) is 0 Å². The topological polar surface area (TPSA) is 78.9 Å². The summed E-state index contributed by atoms with van der Waals surface area (Å²) in [5.41, 5.74) is 2.09. The maximum absolute atomic E-state index is 12.3. The molecule has 0 radical (unpaired) electrons. The molecule has 0 fully saturated rings. The number of amides is 1. The van der Waals surface area contributed by atoms with Crippen molar-refractivity contribution < 1.29 is 23.7 Å². The van der Waals surface area contributed by atoms with Gasteiger partial charge in [0.2, 0.25) is 0 Å². The third-order valence-corrected chi connectivity index (χ3v) is 5.37. The lowest BCUT2D eigenvalue weighted by molar-refractivity contribution is 0.121. The van der Waals surface area contributed by atoms with Gasteiger partial charge in [-0.2, -0.15) is 0 Å². The van der Waals surface area contributed by atoms with Crippen LogP contribution < -0.4 is 19.5 Å². The molecule has 0 aliphatic heterocycles. The Hall–Kier alpha value is -3.97. The zero-order valence-electron chi connectivity index (χ0n) is 18.9. The minimum Gasteiger partial charge on any atom is -0.493 e.